The van der Waals surface area contributed by atoms with Crippen molar-refractivity contribution in [3.63, 3.8) is 0 Å². The lowest BCUT2D eigenvalue weighted by Crippen LogP contribution is -2.43. The first-order valence-corrected chi connectivity index (χ1v) is 6.81. The number of para-hydroxylation sites is 1. The summed E-state index contributed by atoms with van der Waals surface area (Å²) in [4.78, 5) is 26.4. The van der Waals surface area contributed by atoms with Crippen LogP contribution in [0.25, 0.3) is 0 Å². The van der Waals surface area contributed by atoms with Crippen LogP contribution < -0.4 is 5.32 Å². The molecule has 1 aliphatic rings. The van der Waals surface area contributed by atoms with E-state index in [0.717, 1.165) is 11.3 Å². The van der Waals surface area contributed by atoms with Gasteiger partial charge in [0.1, 0.15) is 18.1 Å². The number of carbonyl (C=O) groups excluding carboxylic acids is 2. The number of amides is 2. The van der Waals surface area contributed by atoms with E-state index >= 15 is 0 Å². The Morgan fingerprint density at radius 2 is 2.14 bits per heavy atom. The third kappa shape index (κ3) is 2.42. The number of anilines is 1. The molecule has 3 rings (SSSR count). The van der Waals surface area contributed by atoms with Crippen LogP contribution >= 0.6 is 0 Å². The van der Waals surface area contributed by atoms with Gasteiger partial charge in [-0.15, -0.1) is 0 Å². The van der Waals surface area contributed by atoms with E-state index < -0.39 is 6.04 Å². The lowest BCUT2D eigenvalue weighted by atomic mass is 10.1. The van der Waals surface area contributed by atoms with E-state index in [-0.39, 0.29) is 11.8 Å². The van der Waals surface area contributed by atoms with Gasteiger partial charge in [0.2, 0.25) is 5.91 Å². The zero-order chi connectivity index (χ0) is 15.0. The molecule has 5 heteroatoms. The van der Waals surface area contributed by atoms with Gasteiger partial charge >= 0.3 is 0 Å². The monoisotopic (exact) mass is 284 g/mol. The Hall–Kier alpha value is -2.56. The molecule has 2 amide bonds. The predicted molar refractivity (Wildman–Crippen MR) is 77.9 cm³/mol. The van der Waals surface area contributed by atoms with Crippen LogP contribution in [0.5, 0.6) is 0 Å². The Balaban J connectivity index is 1.97. The third-order valence-corrected chi connectivity index (χ3v) is 3.70. The van der Waals surface area contributed by atoms with Crippen LogP contribution in [0.3, 0.4) is 0 Å². The second kappa shape index (κ2) is 5.09. The average molecular weight is 284 g/mol. The summed E-state index contributed by atoms with van der Waals surface area (Å²) in [6, 6.07) is 8.65. The SMILES string of the molecule is Cc1cc(C(=O)N2Cc3ccccc3NC(=O)C2C)co1. The molecule has 1 unspecified atom stereocenters. The van der Waals surface area contributed by atoms with Gasteiger partial charge in [0.15, 0.2) is 0 Å². The van der Waals surface area contributed by atoms with Gasteiger partial charge in [0.05, 0.1) is 5.56 Å². The number of carbonyl (C=O) groups is 2. The minimum absolute atomic E-state index is 0.187. The van der Waals surface area contributed by atoms with Crippen molar-refractivity contribution in [1.82, 2.24) is 4.90 Å². The molecule has 2 heterocycles. The van der Waals surface area contributed by atoms with Gasteiger partial charge in [-0.2, -0.15) is 0 Å². The van der Waals surface area contributed by atoms with E-state index in [1.807, 2.05) is 24.3 Å². The highest BCUT2D eigenvalue weighted by Crippen LogP contribution is 2.24. The second-order valence-corrected chi connectivity index (χ2v) is 5.20. The lowest BCUT2D eigenvalue weighted by Gasteiger charge is -2.25. The Bertz CT molecular complexity index is 705. The number of nitrogens with zero attached hydrogens (tertiary/aromatic N) is 1. The minimum Gasteiger partial charge on any atom is -0.469 e. The number of fused-ring (bicyclic) bond motifs is 1. The highest BCUT2D eigenvalue weighted by molar-refractivity contribution is 6.02. The van der Waals surface area contributed by atoms with Gasteiger partial charge in [0.25, 0.3) is 5.91 Å². The molecule has 0 aliphatic carbocycles. The summed E-state index contributed by atoms with van der Waals surface area (Å²) in [5.41, 5.74) is 2.14. The molecule has 1 N–H and O–H groups in total. The fourth-order valence-electron chi connectivity index (χ4n) is 2.45. The maximum absolute atomic E-state index is 12.6. The topological polar surface area (TPSA) is 62.6 Å². The van der Waals surface area contributed by atoms with Crippen LogP contribution in [0.1, 0.15) is 28.6 Å². The van der Waals surface area contributed by atoms with E-state index in [1.165, 1.54) is 6.26 Å². The van der Waals surface area contributed by atoms with Crippen LogP contribution in [0, 0.1) is 6.92 Å². The van der Waals surface area contributed by atoms with Gasteiger partial charge in [0, 0.05) is 12.2 Å². The Morgan fingerprint density at radius 1 is 1.38 bits per heavy atom. The molecular formula is C16H16N2O3. The molecule has 0 bridgehead atoms. The molecule has 1 atom stereocenters. The Morgan fingerprint density at radius 3 is 2.86 bits per heavy atom. The fraction of sp³-hybridized carbons (Fsp3) is 0.250. The summed E-state index contributed by atoms with van der Waals surface area (Å²) < 4.78 is 5.19. The maximum atomic E-state index is 12.6. The van der Waals surface area contributed by atoms with Crippen molar-refractivity contribution in [3.8, 4) is 0 Å². The Labute approximate surface area is 122 Å². The van der Waals surface area contributed by atoms with Gasteiger partial charge in [-0.3, -0.25) is 9.59 Å². The van der Waals surface area contributed by atoms with E-state index in [9.17, 15) is 9.59 Å². The second-order valence-electron chi connectivity index (χ2n) is 5.20. The lowest BCUT2D eigenvalue weighted by molar-refractivity contribution is -0.120. The molecule has 1 aromatic carbocycles. The number of rotatable bonds is 1. The largest absolute Gasteiger partial charge is 0.469 e. The zero-order valence-electron chi connectivity index (χ0n) is 11.9. The van der Waals surface area contributed by atoms with E-state index in [1.54, 1.807) is 24.8 Å². The van der Waals surface area contributed by atoms with Crippen LogP contribution in [0.2, 0.25) is 0 Å². The molecule has 0 saturated carbocycles. The predicted octanol–water partition coefficient (Wildman–Crippen LogP) is 2.57. The summed E-state index contributed by atoms with van der Waals surface area (Å²) in [7, 11) is 0. The molecule has 0 radical (unpaired) electrons. The van der Waals surface area contributed by atoms with Crippen molar-refractivity contribution in [2.45, 2.75) is 26.4 Å². The molecule has 5 nitrogen and oxygen atoms in total. The van der Waals surface area contributed by atoms with Crippen molar-refractivity contribution in [3.05, 3.63) is 53.5 Å². The highest BCUT2D eigenvalue weighted by atomic mass is 16.3. The van der Waals surface area contributed by atoms with Gasteiger partial charge in [-0.25, -0.2) is 0 Å². The normalized spacial score (nSPS) is 17.9. The van der Waals surface area contributed by atoms with Gasteiger partial charge in [-0.05, 0) is 31.5 Å². The number of hydrogen-bond acceptors (Lipinski definition) is 3. The quantitative estimate of drug-likeness (QED) is 0.875. The summed E-state index contributed by atoms with van der Waals surface area (Å²) >= 11 is 0. The average Bonchev–Trinajstić information content (AvgIpc) is 2.86. The van der Waals surface area contributed by atoms with Crippen molar-refractivity contribution in [2.75, 3.05) is 5.32 Å². The fourth-order valence-corrected chi connectivity index (χ4v) is 2.45. The smallest absolute Gasteiger partial charge is 0.258 e. The van der Waals surface area contributed by atoms with Gasteiger partial charge in [-0.1, -0.05) is 18.2 Å². The summed E-state index contributed by atoms with van der Waals surface area (Å²) in [6.45, 7) is 3.90. The molecular weight excluding hydrogens is 268 g/mol. The van der Waals surface area contributed by atoms with Crippen molar-refractivity contribution >= 4 is 17.5 Å². The maximum Gasteiger partial charge on any atom is 0.258 e. The van der Waals surface area contributed by atoms with Crippen LogP contribution in [-0.2, 0) is 11.3 Å². The van der Waals surface area contributed by atoms with Crippen molar-refractivity contribution in [1.29, 1.82) is 0 Å². The molecule has 2 aromatic rings. The highest BCUT2D eigenvalue weighted by Gasteiger charge is 2.31. The molecule has 1 aromatic heterocycles. The van der Waals surface area contributed by atoms with Crippen LogP contribution in [0.4, 0.5) is 5.69 Å². The summed E-state index contributed by atoms with van der Waals surface area (Å²) in [6.07, 6.45) is 1.43. The first kappa shape index (κ1) is 13.4. The van der Waals surface area contributed by atoms with E-state index in [0.29, 0.717) is 17.9 Å². The third-order valence-electron chi connectivity index (χ3n) is 3.70. The number of nitrogens with one attached hydrogen (secondary N) is 1. The minimum atomic E-state index is -0.542. The first-order chi connectivity index (χ1) is 10.1. The van der Waals surface area contributed by atoms with Crippen LogP contribution in [0.15, 0.2) is 41.0 Å². The number of furan rings is 1. The summed E-state index contributed by atoms with van der Waals surface area (Å²) in [5.74, 6) is 0.283. The van der Waals surface area contributed by atoms with Crippen LogP contribution in [-0.4, -0.2) is 22.8 Å². The standard InChI is InChI=1S/C16H16N2O3/c1-10-7-13(9-21-10)16(20)18-8-12-5-3-4-6-14(12)17-15(19)11(18)2/h3-7,9,11H,8H2,1-2H3,(H,17,19). The molecule has 21 heavy (non-hydrogen) atoms. The molecule has 1 aliphatic heterocycles. The molecule has 0 saturated heterocycles. The number of hydrogen-bond donors (Lipinski definition) is 1. The summed E-state index contributed by atoms with van der Waals surface area (Å²) in [5, 5.41) is 2.86. The van der Waals surface area contributed by atoms with E-state index in [2.05, 4.69) is 5.32 Å². The zero-order valence-corrected chi connectivity index (χ0v) is 11.9. The number of benzene rings is 1. The Kier molecular flexibility index (Phi) is 3.25. The number of aryl methyl sites for hydroxylation is 1. The van der Waals surface area contributed by atoms with Gasteiger partial charge < -0.3 is 14.6 Å². The first-order valence-electron chi connectivity index (χ1n) is 6.81. The molecule has 0 spiro atoms. The molecule has 0 fully saturated rings. The molecule has 108 valence electrons. The van der Waals surface area contributed by atoms with E-state index in [4.69, 9.17) is 4.42 Å². The van der Waals surface area contributed by atoms with Crippen molar-refractivity contribution < 1.29 is 14.0 Å². The van der Waals surface area contributed by atoms with Crippen molar-refractivity contribution in [2.24, 2.45) is 0 Å².